The van der Waals surface area contributed by atoms with Gasteiger partial charge in [0.05, 0.1) is 19.3 Å². The SMILES string of the molecule is CCCCCCCCCC(=O)c1ccc(COP(=O)(O)OP(=O)(O)OP(=O)(O)OCC2OC(n3cc(C)c(=O)[nH]c3=O)CC2O)cc1. The summed E-state index contributed by atoms with van der Waals surface area (Å²) in [4.78, 5) is 67.8. The topological polar surface area (TPSA) is 250 Å². The third kappa shape index (κ3) is 13.0. The number of ether oxygens (including phenoxy) is 1. The van der Waals surface area contributed by atoms with Gasteiger partial charge in [-0.15, -0.1) is 0 Å². The molecule has 6 atom stereocenters. The molecule has 0 aliphatic carbocycles. The fraction of sp³-hybridized carbons (Fsp3) is 0.593. The number of phosphoric acid groups is 3. The van der Waals surface area contributed by atoms with Gasteiger partial charge < -0.3 is 24.5 Å². The van der Waals surface area contributed by atoms with Gasteiger partial charge >= 0.3 is 29.2 Å². The maximum absolute atomic E-state index is 12.4. The Kier molecular flexibility index (Phi) is 14.7. The van der Waals surface area contributed by atoms with Gasteiger partial charge in [-0.05, 0) is 18.9 Å². The number of ketones is 1. The molecule has 2 heterocycles. The average Bonchev–Trinajstić information content (AvgIpc) is 3.35. The molecule has 1 aromatic heterocycles. The molecule has 1 aliphatic heterocycles. The van der Waals surface area contributed by atoms with E-state index in [1.54, 1.807) is 0 Å². The lowest BCUT2D eigenvalue weighted by atomic mass is 10.0. The number of aromatic amines is 1. The summed E-state index contributed by atoms with van der Waals surface area (Å²) in [7, 11) is -16.6. The first-order valence-electron chi connectivity index (χ1n) is 15.0. The number of rotatable bonds is 20. The predicted molar refractivity (Wildman–Crippen MR) is 166 cm³/mol. The number of aryl methyl sites for hydroxylation is 1. The van der Waals surface area contributed by atoms with Crippen molar-refractivity contribution in [1.29, 1.82) is 0 Å². The number of aliphatic hydroxyl groups excluding tert-OH is 1. The van der Waals surface area contributed by atoms with Crippen LogP contribution in [-0.2, 0) is 42.7 Å². The number of carbonyl (C=O) groups is 1. The zero-order valence-corrected chi connectivity index (χ0v) is 28.6. The number of phosphoric ester groups is 2. The van der Waals surface area contributed by atoms with Gasteiger partial charge in [-0.3, -0.25) is 28.2 Å². The monoisotopic (exact) mass is 726 g/mol. The van der Waals surface area contributed by atoms with Crippen LogP contribution in [0.1, 0.15) is 92.4 Å². The Morgan fingerprint density at radius 3 is 2.17 bits per heavy atom. The summed E-state index contributed by atoms with van der Waals surface area (Å²) in [6.07, 6.45) is 5.19. The van der Waals surface area contributed by atoms with Crippen molar-refractivity contribution >= 4 is 29.3 Å². The fourth-order valence-corrected chi connectivity index (χ4v) is 8.15. The van der Waals surface area contributed by atoms with E-state index >= 15 is 0 Å². The Bertz CT molecular complexity index is 1610. The first kappa shape index (κ1) is 39.3. The van der Waals surface area contributed by atoms with Crippen LogP contribution in [0.25, 0.3) is 0 Å². The van der Waals surface area contributed by atoms with Crippen molar-refractivity contribution in [3.05, 3.63) is 68.0 Å². The Morgan fingerprint density at radius 1 is 0.936 bits per heavy atom. The highest BCUT2D eigenvalue weighted by Crippen LogP contribution is 2.67. The normalized spacial score (nSPS) is 22.0. The van der Waals surface area contributed by atoms with E-state index in [0.717, 1.165) is 30.3 Å². The van der Waals surface area contributed by atoms with Gasteiger partial charge in [0.1, 0.15) is 12.3 Å². The van der Waals surface area contributed by atoms with E-state index in [2.05, 4.69) is 25.1 Å². The van der Waals surface area contributed by atoms with Crippen LogP contribution in [0.5, 0.6) is 0 Å². The molecule has 17 nitrogen and oxygen atoms in total. The number of carbonyl (C=O) groups excluding carboxylic acids is 1. The van der Waals surface area contributed by atoms with Gasteiger partial charge in [-0.2, -0.15) is 8.62 Å². The summed E-state index contributed by atoms with van der Waals surface area (Å²) >= 11 is 0. The van der Waals surface area contributed by atoms with Gasteiger partial charge in [0.15, 0.2) is 5.78 Å². The summed E-state index contributed by atoms with van der Waals surface area (Å²) in [5.41, 5.74) is -0.508. The van der Waals surface area contributed by atoms with E-state index in [1.807, 2.05) is 0 Å². The molecular weight excluding hydrogens is 685 g/mol. The Morgan fingerprint density at radius 2 is 1.53 bits per heavy atom. The molecule has 0 radical (unpaired) electrons. The lowest BCUT2D eigenvalue weighted by Gasteiger charge is -2.20. The average molecular weight is 727 g/mol. The summed E-state index contributed by atoms with van der Waals surface area (Å²) in [5, 5.41) is 10.3. The second-order valence-corrected chi connectivity index (χ2v) is 15.7. The molecule has 0 spiro atoms. The number of unbranched alkanes of at least 4 members (excludes halogenated alkanes) is 6. The fourth-order valence-electron chi connectivity index (χ4n) is 4.66. The molecule has 5 N–H and O–H groups in total. The number of Topliss-reactive ketones (excluding diaryl/α,β-unsaturated/α-hetero) is 1. The van der Waals surface area contributed by atoms with Crippen LogP contribution in [0.4, 0.5) is 0 Å². The minimum absolute atomic E-state index is 0.0515. The van der Waals surface area contributed by atoms with E-state index < -0.39 is 66.4 Å². The van der Waals surface area contributed by atoms with E-state index in [1.165, 1.54) is 56.6 Å². The lowest BCUT2D eigenvalue weighted by molar-refractivity contribution is -0.0450. The van der Waals surface area contributed by atoms with Gasteiger partial charge in [-0.25, -0.2) is 18.5 Å². The molecule has 0 amide bonds. The maximum atomic E-state index is 12.4. The van der Waals surface area contributed by atoms with Crippen LogP contribution in [0.15, 0.2) is 40.1 Å². The van der Waals surface area contributed by atoms with Crippen molar-refractivity contribution in [3.8, 4) is 0 Å². The standard InChI is InChI=1S/C27H41N2O15P3/c1-3-4-5-6-7-8-9-10-22(30)21-13-11-20(12-14-21)17-40-45(34,35)43-47(38,39)44-46(36,37)41-18-24-23(31)15-25(42-24)29-16-19(2)26(32)28-27(29)33/h11-14,16,23-25,31H,3-10,15,17-18H2,1-2H3,(H,34,35)(H,36,37)(H,38,39)(H,28,32,33). The first-order chi connectivity index (χ1) is 22.0. The molecule has 264 valence electrons. The number of aromatic nitrogens is 2. The van der Waals surface area contributed by atoms with Crippen molar-refractivity contribution < 1.29 is 60.7 Å². The van der Waals surface area contributed by atoms with Crippen molar-refractivity contribution in [2.75, 3.05) is 6.61 Å². The zero-order chi connectivity index (χ0) is 34.8. The summed E-state index contributed by atoms with van der Waals surface area (Å²) in [6, 6.07) is 5.94. The molecule has 2 aromatic rings. The second-order valence-electron chi connectivity index (χ2n) is 11.0. The number of nitrogens with zero attached hydrogens (tertiary/aromatic N) is 1. The van der Waals surface area contributed by atoms with E-state index in [-0.39, 0.29) is 17.8 Å². The van der Waals surface area contributed by atoms with Crippen molar-refractivity contribution in [2.45, 2.75) is 96.7 Å². The molecule has 1 saturated heterocycles. The van der Waals surface area contributed by atoms with E-state index in [4.69, 9.17) is 9.26 Å². The van der Waals surface area contributed by atoms with Gasteiger partial charge in [-0.1, -0.05) is 69.7 Å². The third-order valence-corrected chi connectivity index (χ3v) is 11.4. The summed E-state index contributed by atoms with van der Waals surface area (Å²) in [5.74, 6) is -0.0515. The van der Waals surface area contributed by atoms with Crippen molar-refractivity contribution in [2.24, 2.45) is 0 Å². The molecule has 1 aromatic carbocycles. The zero-order valence-electron chi connectivity index (χ0n) is 26.0. The molecule has 6 unspecified atom stereocenters. The van der Waals surface area contributed by atoms with Gasteiger partial charge in [0.25, 0.3) is 5.56 Å². The van der Waals surface area contributed by atoms with Crippen LogP contribution in [0.3, 0.4) is 0 Å². The highest BCUT2D eigenvalue weighted by atomic mass is 31.3. The Hall–Kier alpha value is -2.10. The van der Waals surface area contributed by atoms with E-state index in [0.29, 0.717) is 17.5 Å². The molecule has 1 aliphatic rings. The Labute approximate surface area is 270 Å². The number of hydrogen-bond acceptors (Lipinski definition) is 12. The highest BCUT2D eigenvalue weighted by Gasteiger charge is 2.44. The minimum atomic E-state index is -5.76. The molecule has 0 saturated carbocycles. The predicted octanol–water partition coefficient (Wildman–Crippen LogP) is 4.38. The van der Waals surface area contributed by atoms with Crippen molar-refractivity contribution in [3.63, 3.8) is 0 Å². The Balaban J connectivity index is 1.44. The lowest BCUT2D eigenvalue weighted by Crippen LogP contribution is -2.33. The van der Waals surface area contributed by atoms with Crippen LogP contribution < -0.4 is 11.2 Å². The summed E-state index contributed by atoms with van der Waals surface area (Å²) < 4.78 is 60.8. The number of nitrogens with one attached hydrogen (secondary N) is 1. The quantitative estimate of drug-likeness (QED) is 0.0721. The molecule has 3 rings (SSSR count). The van der Waals surface area contributed by atoms with Crippen LogP contribution in [-0.4, -0.2) is 53.9 Å². The molecular formula is C27H41N2O15P3. The maximum Gasteiger partial charge on any atom is 0.490 e. The largest absolute Gasteiger partial charge is 0.490 e. The van der Waals surface area contributed by atoms with Crippen molar-refractivity contribution in [1.82, 2.24) is 9.55 Å². The number of H-pyrrole nitrogens is 1. The number of aliphatic hydroxyl groups is 1. The van der Waals surface area contributed by atoms with Gasteiger partial charge in [0.2, 0.25) is 0 Å². The van der Waals surface area contributed by atoms with Crippen LogP contribution in [0, 0.1) is 6.92 Å². The van der Waals surface area contributed by atoms with E-state index in [9.17, 15) is 47.9 Å². The molecule has 0 bridgehead atoms. The van der Waals surface area contributed by atoms with Crippen LogP contribution >= 0.6 is 23.5 Å². The minimum Gasteiger partial charge on any atom is -0.390 e. The molecule has 20 heteroatoms. The molecule has 47 heavy (non-hydrogen) atoms. The third-order valence-electron chi connectivity index (χ3n) is 7.15. The highest BCUT2D eigenvalue weighted by molar-refractivity contribution is 7.66. The molecule has 1 fully saturated rings. The smallest absolute Gasteiger partial charge is 0.390 e. The number of hydrogen-bond donors (Lipinski definition) is 5. The number of benzene rings is 1. The first-order valence-corrected chi connectivity index (χ1v) is 19.5. The second kappa shape index (κ2) is 17.5. The van der Waals surface area contributed by atoms with Gasteiger partial charge in [0, 0.05) is 30.2 Å². The summed E-state index contributed by atoms with van der Waals surface area (Å²) in [6.45, 7) is 2.11. The van der Waals surface area contributed by atoms with Crippen LogP contribution in [0.2, 0.25) is 0 Å².